The van der Waals surface area contributed by atoms with Crippen LogP contribution < -0.4 is 10.2 Å². The molecule has 0 unspecified atom stereocenters. The molecule has 0 aliphatic heterocycles. The second kappa shape index (κ2) is 9.77. The zero-order valence-electron chi connectivity index (χ0n) is 14.2. The Labute approximate surface area is 139 Å². The lowest BCUT2D eigenvalue weighted by Gasteiger charge is -2.22. The van der Waals surface area contributed by atoms with Crippen molar-refractivity contribution in [3.8, 4) is 0 Å². The quantitative estimate of drug-likeness (QED) is 0.680. The topological polar surface area (TPSA) is 53.9 Å². The molecular weight excluding hydrogens is 286 g/mol. The van der Waals surface area contributed by atoms with Crippen molar-refractivity contribution in [3.63, 3.8) is 0 Å². The van der Waals surface area contributed by atoms with Crippen molar-refractivity contribution < 1.29 is 0 Å². The first-order chi connectivity index (χ1) is 11.3. The van der Waals surface area contributed by atoms with Crippen molar-refractivity contribution in [1.82, 2.24) is 15.2 Å². The van der Waals surface area contributed by atoms with Crippen LogP contribution in [0.1, 0.15) is 38.7 Å². The Balaban J connectivity index is 1.84. The van der Waals surface area contributed by atoms with Gasteiger partial charge in [-0.25, -0.2) is 0 Å². The summed E-state index contributed by atoms with van der Waals surface area (Å²) in [6.45, 7) is 7.21. The molecule has 124 valence electrons. The van der Waals surface area contributed by atoms with Crippen molar-refractivity contribution >= 4 is 11.8 Å². The van der Waals surface area contributed by atoms with Crippen LogP contribution in [0.5, 0.6) is 0 Å². The first-order valence-electron chi connectivity index (χ1n) is 8.56. The molecule has 1 aromatic carbocycles. The number of nitrogens with zero attached hydrogens (tertiary/aromatic N) is 4. The molecule has 1 N–H and O–H groups in total. The van der Waals surface area contributed by atoms with E-state index in [1.807, 2.05) is 6.07 Å². The summed E-state index contributed by atoms with van der Waals surface area (Å²) in [5.41, 5.74) is 1.36. The molecule has 0 aliphatic carbocycles. The Morgan fingerprint density at radius 2 is 1.78 bits per heavy atom. The Bertz CT molecular complexity index is 552. The van der Waals surface area contributed by atoms with Gasteiger partial charge in [-0.2, -0.15) is 10.1 Å². The largest absolute Gasteiger partial charge is 0.355 e. The zero-order chi connectivity index (χ0) is 16.3. The van der Waals surface area contributed by atoms with Crippen LogP contribution in [0.25, 0.3) is 0 Å². The summed E-state index contributed by atoms with van der Waals surface area (Å²) >= 11 is 0. The van der Waals surface area contributed by atoms with Gasteiger partial charge in [0.2, 0.25) is 5.95 Å². The molecule has 0 amide bonds. The molecule has 2 aromatic rings. The van der Waals surface area contributed by atoms with Crippen molar-refractivity contribution in [2.75, 3.05) is 29.9 Å². The Hall–Kier alpha value is -2.17. The summed E-state index contributed by atoms with van der Waals surface area (Å²) in [6.07, 6.45) is 6.05. The molecular formula is C18H27N5. The molecule has 5 nitrogen and oxygen atoms in total. The number of anilines is 2. The number of hydrogen-bond acceptors (Lipinski definition) is 5. The molecule has 0 spiro atoms. The third-order valence-corrected chi connectivity index (χ3v) is 3.63. The van der Waals surface area contributed by atoms with Crippen molar-refractivity contribution in [2.45, 2.75) is 39.5 Å². The van der Waals surface area contributed by atoms with Gasteiger partial charge >= 0.3 is 0 Å². The zero-order valence-corrected chi connectivity index (χ0v) is 14.2. The number of aryl methyl sites for hydroxylation is 1. The minimum atomic E-state index is 0.618. The standard InChI is InChI=1S/C18H27N5/c1-3-13-23(14-4-2)17-15-20-22-18(21-17)19-12-8-11-16-9-6-5-7-10-16/h5-7,9-10,15H,3-4,8,11-14H2,1-2H3,(H,19,21,22). The summed E-state index contributed by atoms with van der Waals surface area (Å²) in [6, 6.07) is 10.5. The van der Waals surface area contributed by atoms with Crippen molar-refractivity contribution in [2.24, 2.45) is 0 Å². The van der Waals surface area contributed by atoms with Gasteiger partial charge in [0.15, 0.2) is 5.82 Å². The second-order valence-corrected chi connectivity index (χ2v) is 5.64. The molecule has 1 heterocycles. The third-order valence-electron chi connectivity index (χ3n) is 3.63. The smallest absolute Gasteiger partial charge is 0.244 e. The summed E-state index contributed by atoms with van der Waals surface area (Å²) in [4.78, 5) is 6.86. The first-order valence-corrected chi connectivity index (χ1v) is 8.56. The summed E-state index contributed by atoms with van der Waals surface area (Å²) in [7, 11) is 0. The van der Waals surface area contributed by atoms with E-state index < -0.39 is 0 Å². The summed E-state index contributed by atoms with van der Waals surface area (Å²) in [5, 5.41) is 11.5. The average Bonchev–Trinajstić information content (AvgIpc) is 2.60. The minimum absolute atomic E-state index is 0.618. The van der Waals surface area contributed by atoms with Gasteiger partial charge in [-0.05, 0) is 31.2 Å². The molecule has 0 atom stereocenters. The monoisotopic (exact) mass is 313 g/mol. The lowest BCUT2D eigenvalue weighted by atomic mass is 10.1. The Kier molecular flexibility index (Phi) is 7.30. The maximum atomic E-state index is 4.60. The number of aromatic nitrogens is 3. The van der Waals surface area contributed by atoms with Gasteiger partial charge in [0.1, 0.15) is 0 Å². The molecule has 0 bridgehead atoms. The van der Waals surface area contributed by atoms with Crippen LogP contribution in [-0.2, 0) is 6.42 Å². The van der Waals surface area contributed by atoms with Gasteiger partial charge in [0.25, 0.3) is 0 Å². The molecule has 23 heavy (non-hydrogen) atoms. The molecule has 0 fully saturated rings. The fourth-order valence-corrected chi connectivity index (χ4v) is 2.54. The second-order valence-electron chi connectivity index (χ2n) is 5.64. The van der Waals surface area contributed by atoms with Crippen molar-refractivity contribution in [1.29, 1.82) is 0 Å². The molecule has 5 heteroatoms. The number of hydrogen-bond donors (Lipinski definition) is 1. The Morgan fingerprint density at radius 3 is 2.48 bits per heavy atom. The van der Waals surface area contributed by atoms with E-state index in [4.69, 9.17) is 0 Å². The van der Waals surface area contributed by atoms with Crippen LogP contribution in [-0.4, -0.2) is 34.8 Å². The van der Waals surface area contributed by atoms with E-state index in [0.717, 1.165) is 51.1 Å². The van der Waals surface area contributed by atoms with Gasteiger partial charge in [0, 0.05) is 19.6 Å². The van der Waals surface area contributed by atoms with E-state index in [1.54, 1.807) is 6.20 Å². The Morgan fingerprint density at radius 1 is 1.04 bits per heavy atom. The highest BCUT2D eigenvalue weighted by atomic mass is 15.3. The van der Waals surface area contributed by atoms with E-state index in [-0.39, 0.29) is 0 Å². The predicted molar refractivity (Wildman–Crippen MR) is 95.9 cm³/mol. The highest BCUT2D eigenvalue weighted by molar-refractivity contribution is 5.40. The van der Waals surface area contributed by atoms with Crippen LogP contribution in [0.15, 0.2) is 36.5 Å². The predicted octanol–water partition coefficient (Wildman–Crippen LogP) is 3.54. The molecule has 2 rings (SSSR count). The first kappa shape index (κ1) is 17.2. The van der Waals surface area contributed by atoms with Crippen LogP contribution in [0.4, 0.5) is 11.8 Å². The maximum Gasteiger partial charge on any atom is 0.244 e. The van der Waals surface area contributed by atoms with E-state index in [9.17, 15) is 0 Å². The van der Waals surface area contributed by atoms with Crippen LogP contribution in [0, 0.1) is 0 Å². The van der Waals surface area contributed by atoms with Crippen LogP contribution in [0.3, 0.4) is 0 Å². The van der Waals surface area contributed by atoms with E-state index in [1.165, 1.54) is 5.56 Å². The summed E-state index contributed by atoms with van der Waals surface area (Å²) < 4.78 is 0. The lowest BCUT2D eigenvalue weighted by Crippen LogP contribution is -2.26. The molecule has 0 radical (unpaired) electrons. The van der Waals surface area contributed by atoms with Crippen LogP contribution in [0.2, 0.25) is 0 Å². The van der Waals surface area contributed by atoms with Gasteiger partial charge in [-0.15, -0.1) is 5.10 Å². The fourth-order valence-electron chi connectivity index (χ4n) is 2.54. The maximum absolute atomic E-state index is 4.60. The highest BCUT2D eigenvalue weighted by Crippen LogP contribution is 2.12. The SMILES string of the molecule is CCCN(CCC)c1cnnc(NCCCc2ccccc2)n1. The minimum Gasteiger partial charge on any atom is -0.355 e. The van der Waals surface area contributed by atoms with Gasteiger partial charge in [-0.1, -0.05) is 44.2 Å². The summed E-state index contributed by atoms with van der Waals surface area (Å²) in [5.74, 6) is 1.53. The number of rotatable bonds is 10. The van der Waals surface area contributed by atoms with Crippen LogP contribution >= 0.6 is 0 Å². The van der Waals surface area contributed by atoms with Gasteiger partial charge in [-0.3, -0.25) is 0 Å². The molecule has 1 aromatic heterocycles. The van der Waals surface area contributed by atoms with E-state index >= 15 is 0 Å². The van der Waals surface area contributed by atoms with E-state index in [2.05, 4.69) is 63.5 Å². The third kappa shape index (κ3) is 5.85. The van der Waals surface area contributed by atoms with Gasteiger partial charge < -0.3 is 10.2 Å². The number of nitrogens with one attached hydrogen (secondary N) is 1. The average molecular weight is 313 g/mol. The van der Waals surface area contributed by atoms with E-state index in [0.29, 0.717) is 5.95 Å². The molecule has 0 saturated heterocycles. The highest BCUT2D eigenvalue weighted by Gasteiger charge is 2.08. The van der Waals surface area contributed by atoms with Crippen molar-refractivity contribution in [3.05, 3.63) is 42.1 Å². The number of benzene rings is 1. The fraction of sp³-hybridized carbons (Fsp3) is 0.500. The van der Waals surface area contributed by atoms with Gasteiger partial charge in [0.05, 0.1) is 6.20 Å². The lowest BCUT2D eigenvalue weighted by molar-refractivity contribution is 0.726. The molecule has 0 aliphatic rings. The normalized spacial score (nSPS) is 10.5. The molecule has 0 saturated carbocycles.